The predicted octanol–water partition coefficient (Wildman–Crippen LogP) is -0.181. The van der Waals surface area contributed by atoms with Crippen LogP contribution in [-0.2, 0) is 10.1 Å². The van der Waals surface area contributed by atoms with Crippen LogP contribution in [0.25, 0.3) is 0 Å². The first-order chi connectivity index (χ1) is 7.69. The molecule has 0 saturated carbocycles. The quantitative estimate of drug-likeness (QED) is 0.546. The highest BCUT2D eigenvalue weighted by Crippen LogP contribution is 2.18. The molecule has 0 aliphatic rings. The molecule has 0 unspecified atom stereocenters. The molecule has 0 saturated heterocycles. The minimum Gasteiger partial charge on any atom is -0.748 e. The molecule has 6 nitrogen and oxygen atoms in total. The lowest BCUT2D eigenvalue weighted by Crippen LogP contribution is -2.40. The zero-order chi connectivity index (χ0) is 13.6. The largest absolute Gasteiger partial charge is 0.748 e. The van der Waals surface area contributed by atoms with E-state index in [4.69, 9.17) is 22.5 Å². The summed E-state index contributed by atoms with van der Waals surface area (Å²) in [4.78, 5) is 5.04. The monoisotopic (exact) mass is 263 g/mol. The number of aromatic nitrogens is 1. The van der Waals surface area contributed by atoms with Crippen LogP contribution < -0.4 is 14.3 Å². The Hall–Kier alpha value is -1.34. The molecule has 0 radical (unpaired) electrons. The van der Waals surface area contributed by atoms with Crippen LogP contribution in [0.4, 0.5) is 0 Å². The van der Waals surface area contributed by atoms with Crippen LogP contribution in [0.5, 0.6) is 5.75 Å². The molecular formula is C10H17NO5S. The Bertz CT molecular complexity index is 439. The number of methoxy groups -OCH3 is 1. The molecule has 0 aliphatic carbocycles. The molecule has 1 heterocycles. The lowest BCUT2D eigenvalue weighted by atomic mass is 10.2. The minimum absolute atomic E-state index is 0.604. The van der Waals surface area contributed by atoms with Crippen molar-refractivity contribution in [2.75, 3.05) is 20.5 Å². The molecular weight excluding hydrogens is 246 g/mol. The summed E-state index contributed by atoms with van der Waals surface area (Å²) in [7, 11) is -0.613. The summed E-state index contributed by atoms with van der Waals surface area (Å²) < 4.78 is 34.1. The summed E-state index contributed by atoms with van der Waals surface area (Å²) in [6.45, 7) is 3.97. The van der Waals surface area contributed by atoms with Crippen molar-refractivity contribution in [3.05, 3.63) is 23.5 Å². The SMILES string of the molecule is COc1c(C)c[n+](OC)cc1C.CS(=O)(=O)[O-]. The van der Waals surface area contributed by atoms with E-state index in [1.807, 2.05) is 26.2 Å². The fraction of sp³-hybridized carbons (Fsp3) is 0.500. The molecule has 1 rings (SSSR count). The zero-order valence-electron chi connectivity index (χ0n) is 10.6. The van der Waals surface area contributed by atoms with Crippen LogP contribution in [0.2, 0.25) is 0 Å². The Labute approximate surface area is 102 Å². The maximum atomic E-state index is 9.08. The highest BCUT2D eigenvalue weighted by Gasteiger charge is 2.10. The summed E-state index contributed by atoms with van der Waals surface area (Å²) >= 11 is 0. The molecule has 0 N–H and O–H groups in total. The van der Waals surface area contributed by atoms with E-state index in [9.17, 15) is 0 Å². The lowest BCUT2D eigenvalue weighted by Gasteiger charge is -2.04. The fourth-order valence-corrected chi connectivity index (χ4v) is 1.27. The van der Waals surface area contributed by atoms with Crippen LogP contribution >= 0.6 is 0 Å². The average molecular weight is 263 g/mol. The van der Waals surface area contributed by atoms with Gasteiger partial charge in [-0.25, -0.2) is 8.42 Å². The Kier molecular flexibility index (Phi) is 5.90. The second-order valence-corrected chi connectivity index (χ2v) is 4.81. The molecule has 1 aromatic rings. The number of hydrogen-bond donors (Lipinski definition) is 0. The molecule has 7 heteroatoms. The van der Waals surface area contributed by atoms with Gasteiger partial charge in [0, 0.05) is 11.0 Å². The molecule has 1 aromatic heterocycles. The maximum absolute atomic E-state index is 9.08. The van der Waals surface area contributed by atoms with Crippen molar-refractivity contribution in [1.29, 1.82) is 0 Å². The van der Waals surface area contributed by atoms with Crippen molar-refractivity contribution < 1.29 is 27.3 Å². The Morgan fingerprint density at radius 1 is 1.18 bits per heavy atom. The van der Waals surface area contributed by atoms with E-state index >= 15 is 0 Å². The van der Waals surface area contributed by atoms with Crippen LogP contribution in [-0.4, -0.2) is 33.4 Å². The third kappa shape index (κ3) is 6.75. The predicted molar refractivity (Wildman–Crippen MR) is 60.8 cm³/mol. The Morgan fingerprint density at radius 2 is 1.53 bits per heavy atom. The van der Waals surface area contributed by atoms with E-state index in [0.29, 0.717) is 6.26 Å². The maximum Gasteiger partial charge on any atom is 0.229 e. The first-order valence-corrected chi connectivity index (χ1v) is 6.52. The van der Waals surface area contributed by atoms with Gasteiger partial charge in [0.15, 0.2) is 0 Å². The van der Waals surface area contributed by atoms with Crippen LogP contribution in [0, 0.1) is 13.8 Å². The molecule has 17 heavy (non-hydrogen) atoms. The van der Waals surface area contributed by atoms with Gasteiger partial charge in [-0.05, 0) is 13.8 Å². The van der Waals surface area contributed by atoms with Gasteiger partial charge >= 0.3 is 0 Å². The molecule has 98 valence electrons. The molecule has 0 bridgehead atoms. The minimum atomic E-state index is -3.92. The summed E-state index contributed by atoms with van der Waals surface area (Å²) in [6, 6.07) is 0. The Balaban J connectivity index is 0.000000437. The standard InChI is InChI=1S/C9H14NO2.CH4O3S/c1-7-5-10(12-4)6-8(2)9(7)11-3;1-5(2,3)4/h5-6H,1-4H3;1H3,(H,2,3,4)/q+1;/p-1. The number of nitrogens with zero attached hydrogens (tertiary/aromatic N) is 1. The molecule has 0 spiro atoms. The number of pyridine rings is 1. The van der Waals surface area contributed by atoms with Crippen molar-refractivity contribution in [2.24, 2.45) is 0 Å². The first-order valence-electron chi connectivity index (χ1n) is 4.71. The second-order valence-electron chi connectivity index (χ2n) is 3.40. The lowest BCUT2D eigenvalue weighted by molar-refractivity contribution is -0.886. The smallest absolute Gasteiger partial charge is 0.229 e. The normalized spacial score (nSPS) is 10.2. The number of hydrogen-bond acceptors (Lipinski definition) is 5. The van der Waals surface area contributed by atoms with Gasteiger partial charge in [0.2, 0.25) is 12.4 Å². The van der Waals surface area contributed by atoms with Crippen LogP contribution in [0.15, 0.2) is 12.4 Å². The van der Waals surface area contributed by atoms with Gasteiger partial charge in [0.05, 0.1) is 28.4 Å². The number of aryl methyl sites for hydroxylation is 2. The third-order valence-corrected chi connectivity index (χ3v) is 1.77. The topological polar surface area (TPSA) is 79.5 Å². The summed E-state index contributed by atoms with van der Waals surface area (Å²) in [5, 5.41) is 0. The van der Waals surface area contributed by atoms with E-state index in [-0.39, 0.29) is 0 Å². The van der Waals surface area contributed by atoms with Gasteiger partial charge in [-0.2, -0.15) is 0 Å². The highest BCUT2D eigenvalue weighted by molar-refractivity contribution is 7.84. The van der Waals surface area contributed by atoms with E-state index < -0.39 is 10.1 Å². The van der Waals surface area contributed by atoms with Gasteiger partial charge in [-0.3, -0.25) is 4.84 Å². The van der Waals surface area contributed by atoms with E-state index in [1.165, 1.54) is 0 Å². The van der Waals surface area contributed by atoms with Crippen LogP contribution in [0.3, 0.4) is 0 Å². The fourth-order valence-electron chi connectivity index (χ4n) is 1.27. The summed E-state index contributed by atoms with van der Waals surface area (Å²) in [6.07, 6.45) is 4.37. The van der Waals surface area contributed by atoms with E-state index in [2.05, 4.69) is 0 Å². The van der Waals surface area contributed by atoms with Gasteiger partial charge in [0.25, 0.3) is 0 Å². The molecule has 0 atom stereocenters. The number of ether oxygens (including phenoxy) is 1. The van der Waals surface area contributed by atoms with Crippen molar-refractivity contribution in [1.82, 2.24) is 0 Å². The number of rotatable bonds is 2. The second kappa shape index (κ2) is 6.41. The van der Waals surface area contributed by atoms with Crippen LogP contribution in [0.1, 0.15) is 11.1 Å². The molecule has 0 aromatic carbocycles. The van der Waals surface area contributed by atoms with Gasteiger partial charge in [-0.15, -0.1) is 0 Å². The first kappa shape index (κ1) is 15.7. The molecule has 0 fully saturated rings. The Morgan fingerprint density at radius 3 is 1.76 bits per heavy atom. The van der Waals surface area contributed by atoms with Crippen molar-refractivity contribution in [2.45, 2.75) is 13.8 Å². The van der Waals surface area contributed by atoms with Crippen molar-refractivity contribution >= 4 is 10.1 Å². The highest BCUT2D eigenvalue weighted by atomic mass is 32.2. The van der Waals surface area contributed by atoms with E-state index in [1.54, 1.807) is 19.0 Å². The van der Waals surface area contributed by atoms with Gasteiger partial charge in [0.1, 0.15) is 12.9 Å². The average Bonchev–Trinajstić information content (AvgIpc) is 2.14. The molecule has 0 aliphatic heterocycles. The van der Waals surface area contributed by atoms with E-state index in [0.717, 1.165) is 16.9 Å². The zero-order valence-corrected chi connectivity index (χ0v) is 11.4. The third-order valence-electron chi connectivity index (χ3n) is 1.77. The molecule has 0 amide bonds. The summed E-state index contributed by atoms with van der Waals surface area (Å²) in [5.74, 6) is 0.920. The van der Waals surface area contributed by atoms with Crippen molar-refractivity contribution in [3.63, 3.8) is 0 Å². The van der Waals surface area contributed by atoms with Gasteiger partial charge < -0.3 is 9.29 Å². The summed E-state index contributed by atoms with van der Waals surface area (Å²) in [5.41, 5.74) is 2.14. The van der Waals surface area contributed by atoms with Crippen molar-refractivity contribution in [3.8, 4) is 5.75 Å². The van der Waals surface area contributed by atoms with Gasteiger partial charge in [-0.1, -0.05) is 0 Å².